The zero-order chi connectivity index (χ0) is 30.7. The smallest absolute Gasteiger partial charge is 0.452 e. The summed E-state index contributed by atoms with van der Waals surface area (Å²) in [5.41, 5.74) is 0.708. The summed E-state index contributed by atoms with van der Waals surface area (Å²) in [6, 6.07) is 12.5. The molecule has 0 radical (unpaired) electrons. The van der Waals surface area contributed by atoms with Crippen molar-refractivity contribution in [2.45, 2.75) is 42.5 Å². The lowest BCUT2D eigenvalue weighted by Gasteiger charge is -2.41. The Morgan fingerprint density at radius 3 is 2.58 bits per heavy atom. The number of aliphatic carboxylic acids is 1. The predicted molar refractivity (Wildman–Crippen MR) is 146 cm³/mol. The minimum Gasteiger partial charge on any atom is -0.481 e. The number of aryl methyl sites for hydroxylation is 1. The normalized spacial score (nSPS) is 18.4. The minimum atomic E-state index is -4.73. The number of pyridine rings is 1. The Morgan fingerprint density at radius 1 is 1.16 bits per heavy atom. The number of alkyl halides is 3. The molecule has 10 nitrogen and oxygen atoms in total. The molecule has 1 fully saturated rings. The van der Waals surface area contributed by atoms with E-state index in [1.165, 1.54) is 16.4 Å². The zero-order valence-corrected chi connectivity index (χ0v) is 24.1. The number of sulfonamides is 1. The highest BCUT2D eigenvalue weighted by molar-refractivity contribution is 7.89. The second-order valence-corrected chi connectivity index (χ2v) is 12.9. The van der Waals surface area contributed by atoms with E-state index in [4.69, 9.17) is 21.1 Å². The fraction of sp³-hybridized carbons (Fsp3) is 0.321. The molecule has 15 heteroatoms. The number of fused-ring (bicyclic) bond motifs is 2. The van der Waals surface area contributed by atoms with Crippen molar-refractivity contribution in [2.24, 2.45) is 0 Å². The van der Waals surface area contributed by atoms with Crippen molar-refractivity contribution in [1.29, 1.82) is 0 Å². The highest BCUT2D eigenvalue weighted by Gasteiger charge is 2.49. The molecule has 0 aliphatic carbocycles. The number of nitrogens with zero attached hydrogens (tertiary/aromatic N) is 4. The van der Waals surface area contributed by atoms with Crippen LogP contribution in [0, 0.1) is 6.92 Å². The van der Waals surface area contributed by atoms with E-state index in [2.05, 4.69) is 10.2 Å². The van der Waals surface area contributed by atoms with E-state index in [-0.39, 0.29) is 47.6 Å². The van der Waals surface area contributed by atoms with Gasteiger partial charge in [-0.1, -0.05) is 35.9 Å². The molecule has 4 heterocycles. The summed E-state index contributed by atoms with van der Waals surface area (Å²) in [6.07, 6.45) is -3.97. The van der Waals surface area contributed by atoms with Crippen molar-refractivity contribution >= 4 is 33.2 Å². The lowest BCUT2D eigenvalue weighted by Crippen LogP contribution is -2.60. The van der Waals surface area contributed by atoms with Gasteiger partial charge in [-0.15, -0.1) is 10.2 Å². The first-order valence-electron chi connectivity index (χ1n) is 13.1. The number of carbonyl (C=O) groups is 1. The summed E-state index contributed by atoms with van der Waals surface area (Å²) in [5.74, 6) is -2.93. The van der Waals surface area contributed by atoms with Gasteiger partial charge in [0.1, 0.15) is 10.6 Å². The summed E-state index contributed by atoms with van der Waals surface area (Å²) in [4.78, 5) is 12.0. The summed E-state index contributed by atoms with van der Waals surface area (Å²) in [6.45, 7) is 1.79. The molecule has 0 bridgehead atoms. The molecule has 0 unspecified atom stereocenters. The monoisotopic (exact) mass is 636 g/mol. The molecule has 4 aromatic rings. The molecule has 43 heavy (non-hydrogen) atoms. The SMILES string of the molecule is Cc1c([C@H](CC(=O)O)c2ccc(Cl)c(CN3CC4(COC4)Oc4ccccc4S3(=O)=O)c2)ccn2c(C(F)(F)F)nnc12. The quantitative estimate of drug-likeness (QED) is 0.324. The fourth-order valence-electron chi connectivity index (χ4n) is 5.55. The van der Waals surface area contributed by atoms with Crippen LogP contribution in [0.15, 0.2) is 59.6 Å². The molecule has 0 saturated carbocycles. The van der Waals surface area contributed by atoms with Crippen LogP contribution in [-0.4, -0.2) is 63.8 Å². The lowest BCUT2D eigenvalue weighted by molar-refractivity contribution is -0.165. The number of para-hydroxylation sites is 1. The van der Waals surface area contributed by atoms with Gasteiger partial charge >= 0.3 is 12.1 Å². The van der Waals surface area contributed by atoms with Crippen LogP contribution >= 0.6 is 11.6 Å². The third-order valence-corrected chi connectivity index (χ3v) is 9.88. The molecule has 226 valence electrons. The van der Waals surface area contributed by atoms with Crippen molar-refractivity contribution < 1.29 is 41.0 Å². The molecule has 1 spiro atoms. The molecule has 0 amide bonds. The summed E-state index contributed by atoms with van der Waals surface area (Å²) < 4.78 is 81.4. The van der Waals surface area contributed by atoms with Gasteiger partial charge in [-0.3, -0.25) is 9.20 Å². The molecule has 2 aliphatic rings. The van der Waals surface area contributed by atoms with Crippen molar-refractivity contribution in [1.82, 2.24) is 18.9 Å². The summed E-state index contributed by atoms with van der Waals surface area (Å²) in [7, 11) is -4.04. The maximum Gasteiger partial charge on any atom is 0.452 e. The van der Waals surface area contributed by atoms with E-state index in [1.54, 1.807) is 43.3 Å². The van der Waals surface area contributed by atoms with E-state index in [9.17, 15) is 31.5 Å². The number of hydrogen-bond acceptors (Lipinski definition) is 7. The maximum atomic E-state index is 13.8. The van der Waals surface area contributed by atoms with Crippen LogP contribution in [0.25, 0.3) is 5.65 Å². The van der Waals surface area contributed by atoms with Crippen LogP contribution in [-0.2, 0) is 32.3 Å². The Balaban J connectivity index is 1.40. The molecule has 2 aromatic carbocycles. The Kier molecular flexibility index (Phi) is 7.15. The first-order valence-corrected chi connectivity index (χ1v) is 14.9. The second-order valence-electron chi connectivity index (χ2n) is 10.6. The highest BCUT2D eigenvalue weighted by Crippen LogP contribution is 2.40. The van der Waals surface area contributed by atoms with Crippen LogP contribution in [0.1, 0.15) is 40.4 Å². The Bertz CT molecular complexity index is 1860. The third kappa shape index (κ3) is 5.22. The molecule has 1 atom stereocenters. The Labute approximate surface area is 248 Å². The zero-order valence-electron chi connectivity index (χ0n) is 22.5. The molecular formula is C28H24ClF3N4O6S. The van der Waals surface area contributed by atoms with Crippen LogP contribution < -0.4 is 4.74 Å². The van der Waals surface area contributed by atoms with Gasteiger partial charge in [0.15, 0.2) is 11.2 Å². The number of hydrogen-bond donors (Lipinski definition) is 1. The maximum absolute atomic E-state index is 13.8. The van der Waals surface area contributed by atoms with Gasteiger partial charge in [0.2, 0.25) is 15.8 Å². The first kappa shape index (κ1) is 29.4. The number of ether oxygens (including phenoxy) is 2. The van der Waals surface area contributed by atoms with Gasteiger partial charge in [-0.2, -0.15) is 17.5 Å². The standard InChI is InChI=1S/C28H24ClF3N4O6S/c1-16-19(8-9-36-25(16)33-34-26(36)28(30,31)32)20(11-24(37)38)17-6-7-21(29)18(10-17)12-35-13-27(14-41-15-27)42-22-4-2-3-5-23(22)43(35,39)40/h2-10,20H,11-15H2,1H3,(H,37,38)/t20-/m1/s1. The topological polar surface area (TPSA) is 123 Å². The van der Waals surface area contributed by atoms with Gasteiger partial charge in [0.05, 0.1) is 26.2 Å². The molecular weight excluding hydrogens is 613 g/mol. The van der Waals surface area contributed by atoms with Crippen LogP contribution in [0.2, 0.25) is 5.02 Å². The fourth-order valence-corrected chi connectivity index (χ4v) is 7.34. The number of halogens is 4. The van der Waals surface area contributed by atoms with Crippen molar-refractivity contribution in [3.63, 3.8) is 0 Å². The number of aromatic nitrogens is 3. The Morgan fingerprint density at radius 2 is 1.91 bits per heavy atom. The van der Waals surface area contributed by atoms with Crippen molar-refractivity contribution in [3.05, 3.63) is 87.8 Å². The van der Waals surface area contributed by atoms with Crippen molar-refractivity contribution in [2.75, 3.05) is 19.8 Å². The first-order chi connectivity index (χ1) is 20.3. The van der Waals surface area contributed by atoms with E-state index >= 15 is 0 Å². The Hall–Kier alpha value is -3.72. The number of rotatable bonds is 6. The van der Waals surface area contributed by atoms with Crippen LogP contribution in [0.5, 0.6) is 5.75 Å². The minimum absolute atomic E-state index is 0.00488. The van der Waals surface area contributed by atoms with Crippen LogP contribution in [0.3, 0.4) is 0 Å². The lowest BCUT2D eigenvalue weighted by atomic mass is 9.86. The molecule has 6 rings (SSSR count). The number of carboxylic acids is 1. The van der Waals surface area contributed by atoms with Crippen molar-refractivity contribution in [3.8, 4) is 5.75 Å². The van der Waals surface area contributed by atoms with Crippen LogP contribution in [0.4, 0.5) is 13.2 Å². The summed E-state index contributed by atoms with van der Waals surface area (Å²) in [5, 5.41) is 17.0. The van der Waals surface area contributed by atoms with E-state index in [1.807, 2.05) is 0 Å². The predicted octanol–water partition coefficient (Wildman–Crippen LogP) is 4.67. The van der Waals surface area contributed by atoms with Gasteiger partial charge in [-0.25, -0.2) is 8.42 Å². The van der Waals surface area contributed by atoms with E-state index in [0.29, 0.717) is 22.3 Å². The number of benzene rings is 2. The average Bonchev–Trinajstić information content (AvgIpc) is 3.34. The molecule has 2 aromatic heterocycles. The summed E-state index contributed by atoms with van der Waals surface area (Å²) >= 11 is 6.56. The van der Waals surface area contributed by atoms with Gasteiger partial charge in [0, 0.05) is 23.7 Å². The van der Waals surface area contributed by atoms with Gasteiger partial charge < -0.3 is 14.6 Å². The molecule has 1 N–H and O–H groups in total. The number of carboxylic acid groups (broad SMARTS) is 1. The largest absolute Gasteiger partial charge is 0.481 e. The average molecular weight is 637 g/mol. The van der Waals surface area contributed by atoms with E-state index < -0.39 is 45.9 Å². The van der Waals surface area contributed by atoms with Gasteiger partial charge in [0.25, 0.3) is 0 Å². The van der Waals surface area contributed by atoms with E-state index in [0.717, 1.165) is 10.6 Å². The highest BCUT2D eigenvalue weighted by atomic mass is 35.5. The third-order valence-electron chi connectivity index (χ3n) is 7.68. The van der Waals surface area contributed by atoms with Gasteiger partial charge in [-0.05, 0) is 53.4 Å². The molecule has 1 saturated heterocycles. The second kappa shape index (κ2) is 10.5. The molecule has 2 aliphatic heterocycles.